The van der Waals surface area contributed by atoms with Crippen LogP contribution in [-0.2, 0) is 9.53 Å². The summed E-state index contributed by atoms with van der Waals surface area (Å²) in [6.45, 7) is 3.82. The molecule has 0 spiro atoms. The largest absolute Gasteiger partial charge is 0.378 e. The second kappa shape index (κ2) is 6.58. The average Bonchev–Trinajstić information content (AvgIpc) is 2.30. The van der Waals surface area contributed by atoms with Crippen LogP contribution < -0.4 is 5.32 Å². The van der Waals surface area contributed by atoms with Crippen molar-refractivity contribution in [3.63, 3.8) is 0 Å². The van der Waals surface area contributed by atoms with Gasteiger partial charge in [0.1, 0.15) is 6.04 Å². The van der Waals surface area contributed by atoms with Crippen LogP contribution in [0.3, 0.4) is 0 Å². The van der Waals surface area contributed by atoms with E-state index >= 15 is 0 Å². The molecule has 2 saturated heterocycles. The number of hydrogen-bond donors (Lipinski definition) is 1. The van der Waals surface area contributed by atoms with Gasteiger partial charge in [-0.3, -0.25) is 4.79 Å². The molecule has 1 amide bonds. The van der Waals surface area contributed by atoms with E-state index < -0.39 is 0 Å². The van der Waals surface area contributed by atoms with Crippen LogP contribution in [0.1, 0.15) is 0 Å². The first-order valence-corrected chi connectivity index (χ1v) is 6.21. The summed E-state index contributed by atoms with van der Waals surface area (Å²) in [5.74, 6) is 2.35. The number of nitrogens with one attached hydrogen (secondary N) is 1. The standard InChI is InChI=1S/C9H16N2O2S.ClH/c12-9(8-7-13-4-1-10-8)11-2-5-14-6-3-11;/h8,10H,1-7H2;1H. The topological polar surface area (TPSA) is 41.6 Å². The van der Waals surface area contributed by atoms with Gasteiger partial charge in [0.05, 0.1) is 13.2 Å². The molecular weight excluding hydrogens is 236 g/mol. The van der Waals surface area contributed by atoms with Crippen LogP contribution in [0.5, 0.6) is 0 Å². The maximum Gasteiger partial charge on any atom is 0.242 e. The van der Waals surface area contributed by atoms with Crippen LogP contribution in [-0.4, -0.2) is 61.2 Å². The van der Waals surface area contributed by atoms with Gasteiger partial charge in [0.15, 0.2) is 0 Å². The molecule has 0 aromatic heterocycles. The van der Waals surface area contributed by atoms with Crippen LogP contribution in [0.25, 0.3) is 0 Å². The van der Waals surface area contributed by atoms with Gasteiger partial charge in [-0.15, -0.1) is 12.4 Å². The van der Waals surface area contributed by atoms with Crippen molar-refractivity contribution in [2.45, 2.75) is 6.04 Å². The lowest BCUT2D eigenvalue weighted by Crippen LogP contribution is -2.54. The fraction of sp³-hybridized carbons (Fsp3) is 0.889. The lowest BCUT2D eigenvalue weighted by molar-refractivity contribution is -0.136. The SMILES string of the molecule is Cl.O=C(C1COCCN1)N1CCSCC1. The van der Waals surface area contributed by atoms with E-state index in [0.29, 0.717) is 6.61 Å². The molecule has 0 radical (unpaired) electrons. The Hall–Kier alpha value is 0.0300. The number of carbonyl (C=O) groups excluding carboxylic acids is 1. The highest BCUT2D eigenvalue weighted by Gasteiger charge is 2.26. The van der Waals surface area contributed by atoms with Crippen LogP contribution in [0, 0.1) is 0 Å². The van der Waals surface area contributed by atoms with E-state index in [0.717, 1.165) is 37.7 Å². The molecule has 88 valence electrons. The van der Waals surface area contributed by atoms with Crippen LogP contribution in [0.4, 0.5) is 0 Å². The lowest BCUT2D eigenvalue weighted by Gasteiger charge is -2.32. The zero-order valence-electron chi connectivity index (χ0n) is 8.61. The number of ether oxygens (including phenoxy) is 1. The van der Waals surface area contributed by atoms with Crippen molar-refractivity contribution in [1.29, 1.82) is 0 Å². The molecule has 15 heavy (non-hydrogen) atoms. The molecule has 2 heterocycles. The van der Waals surface area contributed by atoms with E-state index in [2.05, 4.69) is 5.32 Å². The fourth-order valence-corrected chi connectivity index (χ4v) is 2.63. The Morgan fingerprint density at radius 2 is 2.13 bits per heavy atom. The quantitative estimate of drug-likeness (QED) is 0.712. The number of carbonyl (C=O) groups is 1. The Morgan fingerprint density at radius 1 is 1.40 bits per heavy atom. The molecule has 0 aromatic carbocycles. The summed E-state index contributed by atoms with van der Waals surface area (Å²) in [5.41, 5.74) is 0. The molecule has 6 heteroatoms. The highest BCUT2D eigenvalue weighted by atomic mass is 35.5. The lowest BCUT2D eigenvalue weighted by atomic mass is 10.2. The number of amides is 1. The van der Waals surface area contributed by atoms with E-state index in [4.69, 9.17) is 4.74 Å². The van der Waals surface area contributed by atoms with Gasteiger partial charge >= 0.3 is 0 Å². The van der Waals surface area contributed by atoms with E-state index in [1.54, 1.807) is 0 Å². The fourth-order valence-electron chi connectivity index (χ4n) is 1.73. The molecular formula is C9H17ClN2O2S. The minimum Gasteiger partial charge on any atom is -0.378 e. The first-order chi connectivity index (χ1) is 6.88. The second-order valence-electron chi connectivity index (χ2n) is 3.52. The van der Waals surface area contributed by atoms with Crippen molar-refractivity contribution in [1.82, 2.24) is 10.2 Å². The van der Waals surface area contributed by atoms with Crippen molar-refractivity contribution in [2.24, 2.45) is 0 Å². The molecule has 2 fully saturated rings. The van der Waals surface area contributed by atoms with Gasteiger partial charge in [-0.2, -0.15) is 11.8 Å². The van der Waals surface area contributed by atoms with Gasteiger partial charge in [0, 0.05) is 31.1 Å². The molecule has 4 nitrogen and oxygen atoms in total. The first kappa shape index (κ1) is 13.1. The first-order valence-electron chi connectivity index (χ1n) is 5.05. The predicted octanol–water partition coefficient (Wildman–Crippen LogP) is -0.0280. The van der Waals surface area contributed by atoms with Crippen molar-refractivity contribution in [3.8, 4) is 0 Å². The Morgan fingerprint density at radius 3 is 2.73 bits per heavy atom. The summed E-state index contributed by atoms with van der Waals surface area (Å²) in [5, 5.41) is 3.19. The summed E-state index contributed by atoms with van der Waals surface area (Å²) >= 11 is 1.92. The predicted molar refractivity (Wildman–Crippen MR) is 63.8 cm³/mol. The number of rotatable bonds is 1. The number of nitrogens with zero attached hydrogens (tertiary/aromatic N) is 1. The highest BCUT2D eigenvalue weighted by Crippen LogP contribution is 2.10. The second-order valence-corrected chi connectivity index (χ2v) is 4.74. The molecule has 0 aliphatic carbocycles. The van der Waals surface area contributed by atoms with Crippen LogP contribution >= 0.6 is 24.2 Å². The monoisotopic (exact) mass is 252 g/mol. The number of halogens is 1. The number of thioether (sulfide) groups is 1. The summed E-state index contributed by atoms with van der Waals surface area (Å²) in [7, 11) is 0. The zero-order chi connectivity index (χ0) is 9.80. The molecule has 1 N–H and O–H groups in total. The molecule has 0 aromatic rings. The molecule has 2 rings (SSSR count). The molecule has 0 bridgehead atoms. The summed E-state index contributed by atoms with van der Waals surface area (Å²) in [6, 6.07) is -0.105. The maximum atomic E-state index is 11.9. The van der Waals surface area contributed by atoms with Crippen LogP contribution in [0.2, 0.25) is 0 Å². The third-order valence-electron chi connectivity index (χ3n) is 2.54. The summed E-state index contributed by atoms with van der Waals surface area (Å²) in [4.78, 5) is 13.9. The van der Waals surface area contributed by atoms with Gasteiger partial charge in [-0.1, -0.05) is 0 Å². The third-order valence-corrected chi connectivity index (χ3v) is 3.49. The van der Waals surface area contributed by atoms with E-state index in [1.165, 1.54) is 0 Å². The summed E-state index contributed by atoms with van der Waals surface area (Å²) < 4.78 is 5.28. The molecule has 2 aliphatic rings. The van der Waals surface area contributed by atoms with Crippen molar-refractivity contribution >= 4 is 30.1 Å². The third kappa shape index (κ3) is 3.52. The van der Waals surface area contributed by atoms with Gasteiger partial charge in [0.25, 0.3) is 0 Å². The van der Waals surface area contributed by atoms with Crippen molar-refractivity contribution in [2.75, 3.05) is 44.4 Å². The van der Waals surface area contributed by atoms with Gasteiger partial charge in [-0.25, -0.2) is 0 Å². The molecule has 1 unspecified atom stereocenters. The van der Waals surface area contributed by atoms with Crippen LogP contribution in [0.15, 0.2) is 0 Å². The van der Waals surface area contributed by atoms with E-state index in [1.807, 2.05) is 16.7 Å². The Labute approximate surface area is 101 Å². The highest BCUT2D eigenvalue weighted by molar-refractivity contribution is 7.99. The zero-order valence-corrected chi connectivity index (χ0v) is 10.2. The Bertz CT molecular complexity index is 186. The minimum atomic E-state index is -0.105. The average molecular weight is 253 g/mol. The normalized spacial score (nSPS) is 26.9. The Kier molecular flexibility index (Phi) is 5.74. The Balaban J connectivity index is 0.00000112. The number of morpholine rings is 1. The molecule has 0 saturated carbocycles. The van der Waals surface area contributed by atoms with E-state index in [-0.39, 0.29) is 24.4 Å². The van der Waals surface area contributed by atoms with Gasteiger partial charge < -0.3 is 15.0 Å². The summed E-state index contributed by atoms with van der Waals surface area (Å²) in [6.07, 6.45) is 0. The maximum absolute atomic E-state index is 11.9. The van der Waals surface area contributed by atoms with Gasteiger partial charge in [0.2, 0.25) is 5.91 Å². The van der Waals surface area contributed by atoms with Crippen molar-refractivity contribution in [3.05, 3.63) is 0 Å². The molecule has 1 atom stereocenters. The minimum absolute atomic E-state index is 0. The smallest absolute Gasteiger partial charge is 0.242 e. The number of hydrogen-bond acceptors (Lipinski definition) is 4. The van der Waals surface area contributed by atoms with Crippen molar-refractivity contribution < 1.29 is 9.53 Å². The molecule has 2 aliphatic heterocycles. The van der Waals surface area contributed by atoms with Gasteiger partial charge in [-0.05, 0) is 0 Å². The van der Waals surface area contributed by atoms with E-state index in [9.17, 15) is 4.79 Å².